The molecule has 4 nitrogen and oxygen atoms in total. The average molecular weight is 663 g/mol. The highest BCUT2D eigenvalue weighted by molar-refractivity contribution is 6.34. The maximum Gasteiger partial charge on any atom is 0.235 e. The summed E-state index contributed by atoms with van der Waals surface area (Å²) in [5.41, 5.74) is 10.2. The largest absolute Gasteiger partial charge is 0.308 e. The topological polar surface area (TPSA) is 35.1 Å². The summed E-state index contributed by atoms with van der Waals surface area (Å²) in [5.74, 6) is 1.06. The fourth-order valence-electron chi connectivity index (χ4n) is 9.01. The highest BCUT2D eigenvalue weighted by Gasteiger charge is 2.26. The van der Waals surface area contributed by atoms with E-state index in [4.69, 9.17) is 9.97 Å². The van der Waals surface area contributed by atoms with Gasteiger partial charge >= 0.3 is 0 Å². The summed E-state index contributed by atoms with van der Waals surface area (Å²) in [5, 5.41) is 10.9. The van der Waals surface area contributed by atoms with Crippen LogP contribution in [0.3, 0.4) is 0 Å². The average Bonchev–Trinajstić information content (AvgIpc) is 3.85. The molecule has 1 unspecified atom stereocenters. The van der Waals surface area contributed by atoms with Gasteiger partial charge in [0.05, 0.1) is 38.8 Å². The lowest BCUT2D eigenvalue weighted by Gasteiger charge is -2.13. The summed E-state index contributed by atoms with van der Waals surface area (Å²) in [6.07, 6.45) is 9.95. The van der Waals surface area contributed by atoms with Crippen molar-refractivity contribution in [3.63, 3.8) is 0 Å². The number of benzene rings is 7. The van der Waals surface area contributed by atoms with Crippen molar-refractivity contribution >= 4 is 81.6 Å². The molecule has 1 aliphatic rings. The summed E-state index contributed by atoms with van der Waals surface area (Å²) in [4.78, 5) is 10.8. The highest BCUT2D eigenvalue weighted by atomic mass is 15.2. The standard InChI is InChI=1S/C48H30N4/c1-2-12-29(13-3-1)32-24-25-35-39-28-38-34-16-7-10-20-41(34)52(47(38)44-37-18-8-11-21-42(37)51(46(39)44)43(35)27-32)48-49-40-19-9-6-17-36(40)45(50-48)33-23-22-30-14-4-5-15-31(30)26-33/h1-12,14-29H,13H2. The molecule has 4 heteroatoms. The molecular weight excluding hydrogens is 633 g/mol. The van der Waals surface area contributed by atoms with E-state index in [1.54, 1.807) is 0 Å². The smallest absolute Gasteiger partial charge is 0.235 e. The molecule has 52 heavy (non-hydrogen) atoms. The quantitative estimate of drug-likeness (QED) is 0.189. The molecule has 0 N–H and O–H groups in total. The first kappa shape index (κ1) is 28.0. The molecule has 12 rings (SSSR count). The molecule has 4 aromatic heterocycles. The molecular formula is C48H30N4. The second kappa shape index (κ2) is 10.4. The molecule has 11 aromatic rings. The van der Waals surface area contributed by atoms with Gasteiger partial charge < -0.3 is 4.40 Å². The molecule has 0 spiro atoms. The Hall–Kier alpha value is -6.78. The van der Waals surface area contributed by atoms with Crippen molar-refractivity contribution in [2.24, 2.45) is 0 Å². The van der Waals surface area contributed by atoms with Crippen molar-refractivity contribution in [2.75, 3.05) is 0 Å². The van der Waals surface area contributed by atoms with Crippen molar-refractivity contribution in [2.45, 2.75) is 12.3 Å². The van der Waals surface area contributed by atoms with E-state index in [9.17, 15) is 0 Å². The molecule has 242 valence electrons. The summed E-state index contributed by atoms with van der Waals surface area (Å²) in [6, 6.07) is 50.7. The van der Waals surface area contributed by atoms with Gasteiger partial charge in [-0.3, -0.25) is 4.57 Å². The first-order valence-electron chi connectivity index (χ1n) is 18.0. The first-order valence-corrected chi connectivity index (χ1v) is 18.0. The minimum Gasteiger partial charge on any atom is -0.308 e. The van der Waals surface area contributed by atoms with Gasteiger partial charge in [0.25, 0.3) is 0 Å². The third kappa shape index (κ3) is 3.76. The lowest BCUT2D eigenvalue weighted by atomic mass is 9.92. The number of nitrogens with zero attached hydrogens (tertiary/aromatic N) is 4. The van der Waals surface area contributed by atoms with Gasteiger partial charge in [0, 0.05) is 49.2 Å². The van der Waals surface area contributed by atoms with Gasteiger partial charge in [0.15, 0.2) is 0 Å². The van der Waals surface area contributed by atoms with Gasteiger partial charge in [-0.1, -0.05) is 127 Å². The Morgan fingerprint density at radius 1 is 0.519 bits per heavy atom. The lowest BCUT2D eigenvalue weighted by Crippen LogP contribution is -2.03. The van der Waals surface area contributed by atoms with E-state index >= 15 is 0 Å². The summed E-state index contributed by atoms with van der Waals surface area (Å²) in [7, 11) is 0. The van der Waals surface area contributed by atoms with Crippen LogP contribution in [0.1, 0.15) is 17.9 Å². The van der Waals surface area contributed by atoms with E-state index in [0.29, 0.717) is 11.9 Å². The maximum atomic E-state index is 5.49. The van der Waals surface area contributed by atoms with Crippen LogP contribution in [-0.4, -0.2) is 18.9 Å². The molecule has 0 bridgehead atoms. The molecule has 0 radical (unpaired) electrons. The van der Waals surface area contributed by atoms with Crippen molar-refractivity contribution in [1.82, 2.24) is 18.9 Å². The Kier molecular flexibility index (Phi) is 5.58. The number of rotatable bonds is 3. The van der Waals surface area contributed by atoms with Crippen LogP contribution >= 0.6 is 0 Å². The van der Waals surface area contributed by atoms with E-state index in [-0.39, 0.29) is 0 Å². The molecule has 0 aliphatic heterocycles. The molecule has 0 fully saturated rings. The van der Waals surface area contributed by atoms with Crippen LogP contribution in [-0.2, 0) is 0 Å². The number of hydrogen-bond donors (Lipinski definition) is 0. The van der Waals surface area contributed by atoms with Gasteiger partial charge in [0.2, 0.25) is 5.95 Å². The minimum atomic E-state index is 0.380. The molecule has 0 saturated carbocycles. The molecule has 4 heterocycles. The van der Waals surface area contributed by atoms with E-state index in [2.05, 4.69) is 173 Å². The number of aromatic nitrogens is 4. The zero-order valence-electron chi connectivity index (χ0n) is 28.2. The Morgan fingerprint density at radius 3 is 2.15 bits per heavy atom. The third-order valence-electron chi connectivity index (χ3n) is 11.3. The van der Waals surface area contributed by atoms with Crippen molar-refractivity contribution < 1.29 is 0 Å². The summed E-state index contributed by atoms with van der Waals surface area (Å²) >= 11 is 0. The van der Waals surface area contributed by atoms with E-state index < -0.39 is 0 Å². The number of hydrogen-bond acceptors (Lipinski definition) is 2. The predicted molar refractivity (Wildman–Crippen MR) is 217 cm³/mol. The Bertz CT molecular complexity index is 3340. The third-order valence-corrected chi connectivity index (χ3v) is 11.3. The molecule has 0 amide bonds. The highest BCUT2D eigenvalue weighted by Crippen LogP contribution is 2.47. The van der Waals surface area contributed by atoms with E-state index in [1.165, 1.54) is 65.2 Å². The van der Waals surface area contributed by atoms with Crippen LogP contribution in [0.15, 0.2) is 164 Å². The van der Waals surface area contributed by atoms with Crippen LogP contribution in [0, 0.1) is 0 Å². The molecule has 1 aliphatic carbocycles. The van der Waals surface area contributed by atoms with Gasteiger partial charge in [-0.05, 0) is 59.2 Å². The number of para-hydroxylation sites is 3. The zero-order chi connectivity index (χ0) is 33.9. The second-order valence-corrected chi connectivity index (χ2v) is 14.1. The van der Waals surface area contributed by atoms with E-state index in [1.807, 2.05) is 0 Å². The van der Waals surface area contributed by atoms with Crippen LogP contribution in [0.4, 0.5) is 0 Å². The van der Waals surface area contributed by atoms with Crippen molar-refractivity contribution in [1.29, 1.82) is 0 Å². The Balaban J connectivity index is 1.23. The molecule has 1 atom stereocenters. The van der Waals surface area contributed by atoms with Gasteiger partial charge in [-0.15, -0.1) is 0 Å². The van der Waals surface area contributed by atoms with Crippen molar-refractivity contribution in [3.8, 4) is 17.2 Å². The number of allylic oxidation sites excluding steroid dienone is 4. The molecule has 7 aromatic carbocycles. The van der Waals surface area contributed by atoms with Gasteiger partial charge in [-0.2, -0.15) is 0 Å². The number of fused-ring (bicyclic) bond motifs is 12. The summed E-state index contributed by atoms with van der Waals surface area (Å²) < 4.78 is 4.83. The van der Waals surface area contributed by atoms with Gasteiger partial charge in [0.1, 0.15) is 0 Å². The monoisotopic (exact) mass is 662 g/mol. The fraction of sp³-hybridized carbons (Fsp3) is 0.0417. The van der Waals surface area contributed by atoms with Crippen LogP contribution in [0.25, 0.3) is 98.8 Å². The van der Waals surface area contributed by atoms with Crippen LogP contribution in [0.2, 0.25) is 0 Å². The SMILES string of the molecule is C1=CCC(c2ccc3c4cc5c6ccccc6n(-c6nc(-c7ccc8ccccc8c7)c7ccccc7n6)c5c5c6ccccc6n(c3c2)c45)C=C1. The van der Waals surface area contributed by atoms with E-state index in [0.717, 1.165) is 39.6 Å². The minimum absolute atomic E-state index is 0.380. The zero-order valence-corrected chi connectivity index (χ0v) is 28.2. The lowest BCUT2D eigenvalue weighted by molar-refractivity contribution is 0.855. The fourth-order valence-corrected chi connectivity index (χ4v) is 9.01. The van der Waals surface area contributed by atoms with Crippen molar-refractivity contribution in [3.05, 3.63) is 169 Å². The van der Waals surface area contributed by atoms with Gasteiger partial charge in [-0.25, -0.2) is 9.97 Å². The molecule has 0 saturated heterocycles. The first-order chi connectivity index (χ1) is 25.8. The Labute approximate surface area is 298 Å². The summed E-state index contributed by atoms with van der Waals surface area (Å²) in [6.45, 7) is 0. The Morgan fingerprint density at radius 2 is 1.27 bits per heavy atom. The normalized spacial score (nSPS) is 14.9. The second-order valence-electron chi connectivity index (χ2n) is 14.1. The predicted octanol–water partition coefficient (Wildman–Crippen LogP) is 12.3. The van der Waals surface area contributed by atoms with Crippen LogP contribution in [0.5, 0.6) is 0 Å². The maximum absolute atomic E-state index is 5.49. The van der Waals surface area contributed by atoms with Crippen LogP contribution < -0.4 is 0 Å².